The highest BCUT2D eigenvalue weighted by molar-refractivity contribution is 14.1. The largest absolute Gasteiger partial charge is 0.454 e. The maximum atomic E-state index is 11.5. The number of halogens is 1. The van der Waals surface area contributed by atoms with Crippen LogP contribution in [0.2, 0.25) is 0 Å². The number of nitrogens with one attached hydrogen (secondary N) is 2. The number of anilines is 1. The first-order chi connectivity index (χ1) is 9.38. The molecule has 1 unspecified atom stereocenters. The van der Waals surface area contributed by atoms with Crippen LogP contribution in [0.25, 0.3) is 0 Å². The van der Waals surface area contributed by atoms with E-state index in [2.05, 4.69) is 33.2 Å². The Kier molecular flexibility index (Phi) is 6.22. The predicted molar refractivity (Wildman–Crippen MR) is 80.9 cm³/mol. The van der Waals surface area contributed by atoms with Crippen LogP contribution in [-0.4, -0.2) is 30.6 Å². The Bertz CT molecular complexity index is 504. The minimum absolute atomic E-state index is 0.435. The van der Waals surface area contributed by atoms with Gasteiger partial charge < -0.3 is 21.1 Å². The van der Waals surface area contributed by atoms with Crippen molar-refractivity contribution in [2.75, 3.05) is 11.9 Å². The second-order valence-electron chi connectivity index (χ2n) is 3.89. The van der Waals surface area contributed by atoms with E-state index in [1.807, 2.05) is 12.1 Å². The summed E-state index contributed by atoms with van der Waals surface area (Å²) in [4.78, 5) is 33.5. The van der Waals surface area contributed by atoms with Gasteiger partial charge in [-0.15, -0.1) is 0 Å². The molecule has 0 saturated heterocycles. The average Bonchev–Trinajstić information content (AvgIpc) is 2.38. The standard InChI is InChI=1S/C12H14IN3O4/c1-7(15-12(14)19)11(18)20-6-10(17)16-9-4-2-8(13)3-5-9/h2-5,7H,6H2,1H3,(H,16,17)(H3,14,15,19). The zero-order valence-electron chi connectivity index (χ0n) is 10.7. The van der Waals surface area contributed by atoms with Crippen LogP contribution >= 0.6 is 22.6 Å². The third-order valence-electron chi connectivity index (χ3n) is 2.19. The molecule has 108 valence electrons. The Labute approximate surface area is 129 Å². The van der Waals surface area contributed by atoms with Gasteiger partial charge in [0.1, 0.15) is 6.04 Å². The Morgan fingerprint density at radius 1 is 1.30 bits per heavy atom. The van der Waals surface area contributed by atoms with E-state index in [1.54, 1.807) is 12.1 Å². The summed E-state index contributed by atoms with van der Waals surface area (Å²) in [6, 6.07) is 5.40. The van der Waals surface area contributed by atoms with Crippen LogP contribution in [-0.2, 0) is 14.3 Å². The van der Waals surface area contributed by atoms with Crippen LogP contribution in [0.5, 0.6) is 0 Å². The van der Waals surface area contributed by atoms with Gasteiger partial charge >= 0.3 is 12.0 Å². The first-order valence-electron chi connectivity index (χ1n) is 5.66. The van der Waals surface area contributed by atoms with E-state index in [-0.39, 0.29) is 0 Å². The number of primary amides is 1. The third-order valence-corrected chi connectivity index (χ3v) is 2.90. The molecule has 1 rings (SSSR count). The van der Waals surface area contributed by atoms with Gasteiger partial charge in [-0.25, -0.2) is 9.59 Å². The van der Waals surface area contributed by atoms with E-state index >= 15 is 0 Å². The summed E-state index contributed by atoms with van der Waals surface area (Å²) in [6.07, 6.45) is 0. The molecule has 0 aromatic heterocycles. The summed E-state index contributed by atoms with van der Waals surface area (Å²) in [6.45, 7) is 0.972. The molecule has 1 atom stereocenters. The molecule has 0 heterocycles. The number of amides is 3. The summed E-state index contributed by atoms with van der Waals surface area (Å²) >= 11 is 2.15. The van der Waals surface area contributed by atoms with Gasteiger partial charge in [0.25, 0.3) is 5.91 Å². The van der Waals surface area contributed by atoms with Crippen LogP contribution in [0.3, 0.4) is 0 Å². The molecule has 0 bridgehead atoms. The number of rotatable bonds is 5. The molecule has 0 aliphatic heterocycles. The van der Waals surface area contributed by atoms with Crippen molar-refractivity contribution < 1.29 is 19.1 Å². The Morgan fingerprint density at radius 3 is 2.45 bits per heavy atom. The van der Waals surface area contributed by atoms with Gasteiger partial charge in [-0.2, -0.15) is 0 Å². The van der Waals surface area contributed by atoms with Crippen molar-refractivity contribution in [3.63, 3.8) is 0 Å². The fourth-order valence-corrected chi connectivity index (χ4v) is 1.62. The van der Waals surface area contributed by atoms with E-state index in [9.17, 15) is 14.4 Å². The number of urea groups is 1. The lowest BCUT2D eigenvalue weighted by Gasteiger charge is -2.11. The van der Waals surface area contributed by atoms with Crippen molar-refractivity contribution in [2.45, 2.75) is 13.0 Å². The van der Waals surface area contributed by atoms with Gasteiger partial charge in [0, 0.05) is 9.26 Å². The second kappa shape index (κ2) is 7.68. The van der Waals surface area contributed by atoms with Crippen LogP contribution in [0.15, 0.2) is 24.3 Å². The summed E-state index contributed by atoms with van der Waals surface area (Å²) < 4.78 is 5.78. The number of benzene rings is 1. The summed E-state index contributed by atoms with van der Waals surface area (Å²) in [5.74, 6) is -1.20. The lowest BCUT2D eigenvalue weighted by molar-refractivity contribution is -0.148. The van der Waals surface area contributed by atoms with Gasteiger partial charge in [-0.1, -0.05) is 0 Å². The Balaban J connectivity index is 2.38. The van der Waals surface area contributed by atoms with Gasteiger partial charge in [0.05, 0.1) is 0 Å². The molecule has 0 radical (unpaired) electrons. The average molecular weight is 391 g/mol. The zero-order valence-corrected chi connectivity index (χ0v) is 12.8. The highest BCUT2D eigenvalue weighted by Gasteiger charge is 2.16. The SMILES string of the molecule is CC(NC(N)=O)C(=O)OCC(=O)Nc1ccc(I)cc1. The normalized spacial score (nSPS) is 11.3. The van der Waals surface area contributed by atoms with Crippen LogP contribution < -0.4 is 16.4 Å². The van der Waals surface area contributed by atoms with Crippen molar-refractivity contribution in [1.82, 2.24) is 5.32 Å². The number of hydrogen-bond acceptors (Lipinski definition) is 4. The number of nitrogens with two attached hydrogens (primary N) is 1. The summed E-state index contributed by atoms with van der Waals surface area (Å²) in [5.41, 5.74) is 5.47. The second-order valence-corrected chi connectivity index (χ2v) is 5.14. The molecule has 20 heavy (non-hydrogen) atoms. The van der Waals surface area contributed by atoms with E-state index in [0.717, 1.165) is 3.57 Å². The molecule has 7 nitrogen and oxygen atoms in total. The van der Waals surface area contributed by atoms with E-state index < -0.39 is 30.6 Å². The van der Waals surface area contributed by atoms with Gasteiger partial charge in [0.15, 0.2) is 6.61 Å². The van der Waals surface area contributed by atoms with Crippen molar-refractivity contribution in [3.8, 4) is 0 Å². The van der Waals surface area contributed by atoms with Crippen molar-refractivity contribution in [1.29, 1.82) is 0 Å². The zero-order chi connectivity index (χ0) is 15.1. The molecular formula is C12H14IN3O4. The Morgan fingerprint density at radius 2 is 1.90 bits per heavy atom. The first kappa shape index (κ1) is 16.2. The minimum atomic E-state index is -0.904. The number of esters is 1. The topological polar surface area (TPSA) is 111 Å². The first-order valence-corrected chi connectivity index (χ1v) is 6.74. The lowest BCUT2D eigenvalue weighted by Crippen LogP contribution is -2.43. The van der Waals surface area contributed by atoms with Crippen LogP contribution in [0.4, 0.5) is 10.5 Å². The van der Waals surface area contributed by atoms with Crippen molar-refractivity contribution >= 4 is 46.2 Å². The maximum Gasteiger partial charge on any atom is 0.328 e. The van der Waals surface area contributed by atoms with Gasteiger partial charge in [-0.3, -0.25) is 4.79 Å². The van der Waals surface area contributed by atoms with Gasteiger partial charge in [0.2, 0.25) is 0 Å². The van der Waals surface area contributed by atoms with E-state index in [1.165, 1.54) is 6.92 Å². The predicted octanol–water partition coefficient (Wildman–Crippen LogP) is 0.830. The highest BCUT2D eigenvalue weighted by atomic mass is 127. The van der Waals surface area contributed by atoms with Crippen LogP contribution in [0.1, 0.15) is 6.92 Å². The molecule has 1 aromatic carbocycles. The molecule has 0 saturated carbocycles. The molecule has 1 aromatic rings. The molecule has 0 spiro atoms. The minimum Gasteiger partial charge on any atom is -0.454 e. The number of carbonyl (C=O) groups is 3. The molecule has 8 heteroatoms. The smallest absolute Gasteiger partial charge is 0.328 e. The molecular weight excluding hydrogens is 377 g/mol. The Hall–Kier alpha value is -1.84. The molecule has 0 aliphatic carbocycles. The summed E-state index contributed by atoms with van der Waals surface area (Å²) in [5, 5.41) is 4.73. The highest BCUT2D eigenvalue weighted by Crippen LogP contribution is 2.10. The summed E-state index contributed by atoms with van der Waals surface area (Å²) in [7, 11) is 0. The fraction of sp³-hybridized carbons (Fsp3) is 0.250. The molecule has 4 N–H and O–H groups in total. The maximum absolute atomic E-state index is 11.5. The van der Waals surface area contributed by atoms with E-state index in [0.29, 0.717) is 5.69 Å². The lowest BCUT2D eigenvalue weighted by atomic mass is 10.3. The molecule has 0 aliphatic rings. The fourth-order valence-electron chi connectivity index (χ4n) is 1.26. The monoisotopic (exact) mass is 391 g/mol. The van der Waals surface area contributed by atoms with E-state index in [4.69, 9.17) is 10.5 Å². The van der Waals surface area contributed by atoms with Crippen molar-refractivity contribution in [2.24, 2.45) is 5.73 Å². The number of carbonyl (C=O) groups excluding carboxylic acids is 3. The number of ether oxygens (including phenoxy) is 1. The number of hydrogen-bond donors (Lipinski definition) is 3. The third kappa shape index (κ3) is 5.87. The molecule has 3 amide bonds. The van der Waals surface area contributed by atoms with Crippen LogP contribution in [0, 0.1) is 3.57 Å². The quantitative estimate of drug-likeness (QED) is 0.510. The van der Waals surface area contributed by atoms with Crippen molar-refractivity contribution in [3.05, 3.63) is 27.8 Å². The molecule has 0 fully saturated rings. The van der Waals surface area contributed by atoms with Gasteiger partial charge in [-0.05, 0) is 53.8 Å².